The number of nitrogens with zero attached hydrogens (tertiary/aromatic N) is 1. The predicted octanol–water partition coefficient (Wildman–Crippen LogP) is 3.95. The van der Waals surface area contributed by atoms with Crippen LogP contribution in [0.15, 0.2) is 48.5 Å². The number of hydrogen-bond acceptors (Lipinski definition) is 3. The summed E-state index contributed by atoms with van der Waals surface area (Å²) < 4.78 is 0. The smallest absolute Gasteiger partial charge is 0.270 e. The first-order valence-electron chi connectivity index (χ1n) is 7.63. The Morgan fingerprint density at radius 2 is 1.85 bits per heavy atom. The van der Waals surface area contributed by atoms with E-state index in [1.54, 1.807) is 31.3 Å². The van der Waals surface area contributed by atoms with E-state index in [0.717, 1.165) is 5.39 Å². The summed E-state index contributed by atoms with van der Waals surface area (Å²) in [7, 11) is 1.66. The second-order valence-corrected chi connectivity index (χ2v) is 6.61. The van der Waals surface area contributed by atoms with Crippen LogP contribution in [0.3, 0.4) is 0 Å². The van der Waals surface area contributed by atoms with Crippen LogP contribution in [-0.2, 0) is 0 Å². The molecular formula is C18H14Cl2N4OS. The summed E-state index contributed by atoms with van der Waals surface area (Å²) in [5.74, 6) is -0.340. The van der Waals surface area contributed by atoms with E-state index in [-0.39, 0.29) is 5.91 Å². The first-order chi connectivity index (χ1) is 12.5. The number of pyridine rings is 1. The molecular weight excluding hydrogens is 391 g/mol. The molecule has 1 aromatic heterocycles. The van der Waals surface area contributed by atoms with Gasteiger partial charge in [0.15, 0.2) is 5.11 Å². The number of benzene rings is 2. The molecule has 0 unspecified atom stereocenters. The Hall–Kier alpha value is -2.41. The number of aromatic nitrogens is 1. The number of thiocarbonyl (C=S) groups is 1. The predicted molar refractivity (Wildman–Crippen MR) is 109 cm³/mol. The highest BCUT2D eigenvalue weighted by atomic mass is 35.5. The summed E-state index contributed by atoms with van der Waals surface area (Å²) in [5, 5.41) is 4.73. The lowest BCUT2D eigenvalue weighted by Gasteiger charge is -2.12. The number of carbonyl (C=O) groups is 1. The molecule has 2 aromatic carbocycles. The molecule has 26 heavy (non-hydrogen) atoms. The van der Waals surface area contributed by atoms with Crippen LogP contribution in [0.5, 0.6) is 0 Å². The first kappa shape index (κ1) is 18.4. The minimum atomic E-state index is -0.340. The Morgan fingerprint density at radius 3 is 2.58 bits per heavy atom. The van der Waals surface area contributed by atoms with Crippen molar-refractivity contribution in [1.29, 1.82) is 0 Å². The van der Waals surface area contributed by atoms with Crippen molar-refractivity contribution in [3.63, 3.8) is 0 Å². The number of hydrogen-bond donors (Lipinski definition) is 3. The van der Waals surface area contributed by atoms with Crippen LogP contribution >= 0.6 is 35.4 Å². The molecule has 0 aliphatic carbocycles. The maximum Gasteiger partial charge on any atom is 0.270 e. The maximum absolute atomic E-state index is 12.7. The lowest BCUT2D eigenvalue weighted by Crippen LogP contribution is -2.45. The van der Waals surface area contributed by atoms with E-state index < -0.39 is 0 Å². The standard InChI is InChI=1S/C18H14Cl2N4OS/c1-21-18(26)24-23-17(25)13-9-16(12-7-6-10(19)8-14(12)20)22-15-5-3-2-4-11(13)15/h2-9H,1H3,(H,23,25)(H2,21,24,26). The molecule has 0 saturated carbocycles. The van der Waals surface area contributed by atoms with Gasteiger partial charge in [-0.2, -0.15) is 0 Å². The van der Waals surface area contributed by atoms with Crippen molar-refractivity contribution in [3.8, 4) is 11.3 Å². The van der Waals surface area contributed by atoms with Crippen LogP contribution < -0.4 is 16.2 Å². The van der Waals surface area contributed by atoms with Crippen LogP contribution in [0.4, 0.5) is 0 Å². The molecule has 5 nitrogen and oxygen atoms in total. The fraction of sp³-hybridized carbons (Fsp3) is 0.0556. The van der Waals surface area contributed by atoms with Gasteiger partial charge in [0.2, 0.25) is 0 Å². The monoisotopic (exact) mass is 404 g/mol. The highest BCUT2D eigenvalue weighted by molar-refractivity contribution is 7.80. The van der Waals surface area contributed by atoms with E-state index >= 15 is 0 Å². The Balaban J connectivity index is 2.09. The van der Waals surface area contributed by atoms with Gasteiger partial charge in [0.25, 0.3) is 5.91 Å². The summed E-state index contributed by atoms with van der Waals surface area (Å²) in [5.41, 5.74) is 7.59. The van der Waals surface area contributed by atoms with Crippen molar-refractivity contribution in [2.24, 2.45) is 0 Å². The SMILES string of the molecule is CNC(=S)NNC(=O)c1cc(-c2ccc(Cl)cc2Cl)nc2ccccc12. The van der Waals surface area contributed by atoms with E-state index in [1.165, 1.54) is 0 Å². The van der Waals surface area contributed by atoms with Gasteiger partial charge in [0.1, 0.15) is 0 Å². The molecule has 3 rings (SSSR count). The molecule has 0 fully saturated rings. The Kier molecular flexibility index (Phi) is 5.56. The Morgan fingerprint density at radius 1 is 1.08 bits per heavy atom. The summed E-state index contributed by atoms with van der Waals surface area (Å²) in [6.45, 7) is 0. The van der Waals surface area contributed by atoms with Gasteiger partial charge in [-0.05, 0) is 42.5 Å². The molecule has 0 bridgehead atoms. The second-order valence-electron chi connectivity index (χ2n) is 5.35. The number of nitrogens with one attached hydrogen (secondary N) is 3. The highest BCUT2D eigenvalue weighted by Gasteiger charge is 2.15. The summed E-state index contributed by atoms with van der Waals surface area (Å²) in [4.78, 5) is 17.3. The zero-order valence-corrected chi connectivity index (χ0v) is 16.0. The highest BCUT2D eigenvalue weighted by Crippen LogP contribution is 2.31. The van der Waals surface area contributed by atoms with E-state index in [2.05, 4.69) is 21.2 Å². The number of fused-ring (bicyclic) bond motifs is 1. The maximum atomic E-state index is 12.7. The molecule has 3 N–H and O–H groups in total. The van der Waals surface area contributed by atoms with Gasteiger partial charge in [0, 0.05) is 23.0 Å². The van der Waals surface area contributed by atoms with E-state index in [9.17, 15) is 4.79 Å². The third-order valence-corrected chi connectivity index (χ3v) is 4.54. The number of hydrazine groups is 1. The van der Waals surface area contributed by atoms with Gasteiger partial charge in [-0.1, -0.05) is 41.4 Å². The van der Waals surface area contributed by atoms with Gasteiger partial charge >= 0.3 is 0 Å². The Bertz CT molecular complexity index is 1010. The van der Waals surface area contributed by atoms with E-state index in [0.29, 0.717) is 37.5 Å². The normalized spacial score (nSPS) is 10.4. The largest absolute Gasteiger partial charge is 0.364 e. The molecule has 0 aliphatic rings. The number of amides is 1. The summed E-state index contributed by atoms with van der Waals surface area (Å²) in [6, 6.07) is 14.2. The fourth-order valence-corrected chi connectivity index (χ4v) is 3.00. The molecule has 0 spiro atoms. The van der Waals surface area contributed by atoms with Crippen LogP contribution in [-0.4, -0.2) is 23.1 Å². The average Bonchev–Trinajstić information content (AvgIpc) is 2.64. The minimum Gasteiger partial charge on any atom is -0.364 e. The van der Waals surface area contributed by atoms with Crippen molar-refractivity contribution >= 4 is 57.3 Å². The van der Waals surface area contributed by atoms with Gasteiger partial charge in [-0.25, -0.2) is 4.98 Å². The van der Waals surface area contributed by atoms with E-state index in [1.807, 2.05) is 24.3 Å². The molecule has 1 amide bonds. The number of rotatable bonds is 2. The van der Waals surface area contributed by atoms with Crippen molar-refractivity contribution < 1.29 is 4.79 Å². The molecule has 132 valence electrons. The third kappa shape index (κ3) is 3.88. The zero-order valence-electron chi connectivity index (χ0n) is 13.6. The molecule has 0 saturated heterocycles. The van der Waals surface area contributed by atoms with Crippen LogP contribution in [0.25, 0.3) is 22.2 Å². The van der Waals surface area contributed by atoms with Crippen molar-refractivity contribution in [3.05, 3.63) is 64.1 Å². The zero-order chi connectivity index (χ0) is 18.7. The van der Waals surface area contributed by atoms with Gasteiger partial charge < -0.3 is 5.32 Å². The van der Waals surface area contributed by atoms with Crippen molar-refractivity contribution in [2.75, 3.05) is 7.05 Å². The fourth-order valence-electron chi connectivity index (χ4n) is 2.44. The third-order valence-electron chi connectivity index (χ3n) is 3.68. The number of carbonyl (C=O) groups excluding carboxylic acids is 1. The molecule has 8 heteroatoms. The van der Waals surface area contributed by atoms with Crippen molar-refractivity contribution in [1.82, 2.24) is 21.2 Å². The quantitative estimate of drug-likeness (QED) is 0.445. The average molecular weight is 405 g/mol. The van der Waals surface area contributed by atoms with E-state index in [4.69, 9.17) is 35.4 Å². The summed E-state index contributed by atoms with van der Waals surface area (Å²) >= 11 is 17.2. The molecule has 0 radical (unpaired) electrons. The van der Waals surface area contributed by atoms with Gasteiger partial charge in [-0.15, -0.1) is 0 Å². The first-order valence-corrected chi connectivity index (χ1v) is 8.79. The summed E-state index contributed by atoms with van der Waals surface area (Å²) in [6.07, 6.45) is 0. The van der Waals surface area contributed by atoms with Gasteiger partial charge in [0.05, 0.1) is 21.8 Å². The lowest BCUT2D eigenvalue weighted by molar-refractivity contribution is 0.0945. The molecule has 1 heterocycles. The van der Waals surface area contributed by atoms with Gasteiger partial charge in [-0.3, -0.25) is 15.6 Å². The molecule has 0 atom stereocenters. The molecule has 3 aromatic rings. The Labute approximate surface area is 165 Å². The number of halogens is 2. The van der Waals surface area contributed by atoms with Crippen molar-refractivity contribution in [2.45, 2.75) is 0 Å². The van der Waals surface area contributed by atoms with Crippen LogP contribution in [0.2, 0.25) is 10.0 Å². The minimum absolute atomic E-state index is 0.303. The lowest BCUT2D eigenvalue weighted by atomic mass is 10.0. The van der Waals surface area contributed by atoms with Crippen LogP contribution in [0.1, 0.15) is 10.4 Å². The second kappa shape index (κ2) is 7.86. The topological polar surface area (TPSA) is 66.0 Å². The van der Waals surface area contributed by atoms with Crippen LogP contribution in [0, 0.1) is 0 Å². The number of para-hydroxylation sites is 1. The molecule has 0 aliphatic heterocycles.